The smallest absolute Gasteiger partial charge is 0.216 e. The van der Waals surface area contributed by atoms with E-state index in [1.807, 2.05) is 12.1 Å². The minimum absolute atomic E-state index is 0.105. The van der Waals surface area contributed by atoms with E-state index in [9.17, 15) is 0 Å². The van der Waals surface area contributed by atoms with Crippen LogP contribution in [0.3, 0.4) is 0 Å². The molecule has 0 aliphatic carbocycles. The van der Waals surface area contributed by atoms with E-state index < -0.39 is 0 Å². The van der Waals surface area contributed by atoms with Gasteiger partial charge >= 0.3 is 0 Å². The molecule has 0 bridgehead atoms. The second-order valence-electron chi connectivity index (χ2n) is 8.79. The zero-order valence-electron chi connectivity index (χ0n) is 20.4. The molecule has 0 spiro atoms. The Hall–Kier alpha value is -2.93. The maximum Gasteiger partial charge on any atom is 0.216 e. The molecule has 0 unspecified atom stereocenters. The lowest BCUT2D eigenvalue weighted by atomic mass is 9.88. The normalized spacial score (nSPS) is 19.5. The summed E-state index contributed by atoms with van der Waals surface area (Å²) in [4.78, 5) is 4.88. The molecule has 2 aromatic rings. The molecular formula is C26H34N2O5. The number of nitrogens with zero attached hydrogens (tertiary/aromatic N) is 1. The van der Waals surface area contributed by atoms with Crippen LogP contribution >= 0.6 is 0 Å². The predicted octanol–water partition coefficient (Wildman–Crippen LogP) is 3.95. The number of ether oxygens (including phenoxy) is 5. The summed E-state index contributed by atoms with van der Waals surface area (Å²) >= 11 is 0. The Balaban J connectivity index is 1.75. The third-order valence-electron chi connectivity index (χ3n) is 6.51. The minimum atomic E-state index is 0.105. The first kappa shape index (κ1) is 23.2. The first-order valence-corrected chi connectivity index (χ1v) is 11.4. The molecule has 1 N–H and O–H groups in total. The molecule has 2 aliphatic rings. The summed E-state index contributed by atoms with van der Waals surface area (Å²) in [5, 5.41) is 3.67. The van der Waals surface area contributed by atoms with E-state index >= 15 is 0 Å². The third-order valence-corrected chi connectivity index (χ3v) is 6.51. The van der Waals surface area contributed by atoms with Crippen LogP contribution < -0.4 is 24.3 Å². The Morgan fingerprint density at radius 2 is 1.58 bits per heavy atom. The molecule has 2 aromatic carbocycles. The molecule has 0 saturated heterocycles. The Bertz CT molecular complexity index is 1030. The van der Waals surface area contributed by atoms with Crippen molar-refractivity contribution in [3.05, 3.63) is 46.5 Å². The summed E-state index contributed by atoms with van der Waals surface area (Å²) in [6.45, 7) is 5.83. The van der Waals surface area contributed by atoms with Crippen LogP contribution in [0.4, 0.5) is 0 Å². The Labute approximate surface area is 196 Å². The van der Waals surface area contributed by atoms with Gasteiger partial charge in [0.2, 0.25) is 5.90 Å². The molecule has 7 nitrogen and oxygen atoms in total. The summed E-state index contributed by atoms with van der Waals surface area (Å²) < 4.78 is 28.3. The standard InChI is InChI=1S/C26H34N2O5/c1-15(2)21-14-33-26(28-21)19-13-25(32-6)23(30-4)11-17(19)9-20-18-12-24(31-5)22(29-3)10-16(18)7-8-27-20/h10-13,15,20-21,27H,7-9,14H2,1-6H3/t20-,21+/m0/s1. The summed E-state index contributed by atoms with van der Waals surface area (Å²) in [6, 6.07) is 8.46. The molecule has 4 rings (SSSR count). The van der Waals surface area contributed by atoms with Crippen molar-refractivity contribution in [2.24, 2.45) is 10.9 Å². The summed E-state index contributed by atoms with van der Waals surface area (Å²) in [5.74, 6) is 3.95. The van der Waals surface area contributed by atoms with E-state index in [0.29, 0.717) is 29.9 Å². The van der Waals surface area contributed by atoms with Gasteiger partial charge in [0.1, 0.15) is 6.61 Å². The Kier molecular flexibility index (Phi) is 6.98. The number of aliphatic imine (C=N–C) groups is 1. The van der Waals surface area contributed by atoms with Crippen LogP contribution in [-0.4, -0.2) is 53.5 Å². The topological polar surface area (TPSA) is 70.5 Å². The number of fused-ring (bicyclic) bond motifs is 1. The molecule has 2 heterocycles. The molecule has 0 radical (unpaired) electrons. The quantitative estimate of drug-likeness (QED) is 0.651. The monoisotopic (exact) mass is 454 g/mol. The van der Waals surface area contributed by atoms with Crippen LogP contribution in [0.5, 0.6) is 23.0 Å². The fraction of sp³-hybridized carbons (Fsp3) is 0.500. The van der Waals surface area contributed by atoms with Crippen LogP contribution in [0, 0.1) is 5.92 Å². The van der Waals surface area contributed by atoms with Crippen LogP contribution in [-0.2, 0) is 17.6 Å². The average molecular weight is 455 g/mol. The highest BCUT2D eigenvalue weighted by atomic mass is 16.5. The van der Waals surface area contributed by atoms with Gasteiger partial charge < -0.3 is 29.0 Å². The second kappa shape index (κ2) is 9.91. The van der Waals surface area contributed by atoms with Crippen LogP contribution in [0.2, 0.25) is 0 Å². The molecule has 2 aliphatic heterocycles. The van der Waals surface area contributed by atoms with Gasteiger partial charge in [-0.25, -0.2) is 4.99 Å². The maximum atomic E-state index is 6.05. The highest BCUT2D eigenvalue weighted by molar-refractivity contribution is 5.97. The highest BCUT2D eigenvalue weighted by Gasteiger charge is 2.29. The van der Waals surface area contributed by atoms with Crippen molar-refractivity contribution in [1.82, 2.24) is 5.32 Å². The molecule has 33 heavy (non-hydrogen) atoms. The maximum absolute atomic E-state index is 6.05. The van der Waals surface area contributed by atoms with Crippen molar-refractivity contribution in [2.45, 2.75) is 38.8 Å². The van der Waals surface area contributed by atoms with Crippen molar-refractivity contribution in [3.8, 4) is 23.0 Å². The van der Waals surface area contributed by atoms with Crippen LogP contribution in [0.1, 0.15) is 42.1 Å². The van der Waals surface area contributed by atoms with Gasteiger partial charge in [-0.1, -0.05) is 13.8 Å². The van der Waals surface area contributed by atoms with Gasteiger partial charge in [-0.15, -0.1) is 0 Å². The molecule has 0 saturated carbocycles. The number of hydrogen-bond acceptors (Lipinski definition) is 7. The third kappa shape index (κ3) is 4.60. The van der Waals surface area contributed by atoms with Crippen LogP contribution in [0.25, 0.3) is 0 Å². The summed E-state index contributed by atoms with van der Waals surface area (Å²) in [5.41, 5.74) is 4.53. The fourth-order valence-corrected chi connectivity index (χ4v) is 4.54. The van der Waals surface area contributed by atoms with Crippen molar-refractivity contribution in [1.29, 1.82) is 0 Å². The molecule has 0 aromatic heterocycles. The number of hydrogen-bond donors (Lipinski definition) is 1. The Morgan fingerprint density at radius 3 is 2.21 bits per heavy atom. The summed E-state index contributed by atoms with van der Waals surface area (Å²) in [6.07, 6.45) is 1.68. The molecular weight excluding hydrogens is 420 g/mol. The number of benzene rings is 2. The van der Waals surface area contributed by atoms with E-state index in [0.717, 1.165) is 42.0 Å². The lowest BCUT2D eigenvalue weighted by molar-refractivity contribution is 0.291. The van der Waals surface area contributed by atoms with E-state index in [2.05, 4.69) is 31.3 Å². The lowest BCUT2D eigenvalue weighted by Gasteiger charge is -2.29. The SMILES string of the molecule is COc1cc(C[C@@H]2NCCc3cc(OC)c(OC)cc32)c(C2=N[C@@H](C(C)C)CO2)cc1OC. The molecule has 7 heteroatoms. The van der Waals surface area contributed by atoms with Gasteiger partial charge in [0, 0.05) is 11.6 Å². The first-order valence-electron chi connectivity index (χ1n) is 11.4. The van der Waals surface area contributed by atoms with Crippen LogP contribution in [0.15, 0.2) is 29.3 Å². The largest absolute Gasteiger partial charge is 0.493 e. The molecule has 178 valence electrons. The van der Waals surface area contributed by atoms with Crippen molar-refractivity contribution in [2.75, 3.05) is 41.6 Å². The molecule has 0 amide bonds. The van der Waals surface area contributed by atoms with Gasteiger partial charge in [-0.3, -0.25) is 0 Å². The zero-order chi connectivity index (χ0) is 23.5. The summed E-state index contributed by atoms with van der Waals surface area (Å²) in [7, 11) is 6.65. The van der Waals surface area contributed by atoms with E-state index in [1.54, 1.807) is 28.4 Å². The van der Waals surface area contributed by atoms with Gasteiger partial charge in [0.15, 0.2) is 23.0 Å². The van der Waals surface area contributed by atoms with Crippen molar-refractivity contribution in [3.63, 3.8) is 0 Å². The number of methoxy groups -OCH3 is 4. The van der Waals surface area contributed by atoms with Gasteiger partial charge in [-0.05, 0) is 66.3 Å². The van der Waals surface area contributed by atoms with E-state index in [-0.39, 0.29) is 12.1 Å². The van der Waals surface area contributed by atoms with Gasteiger partial charge in [0.25, 0.3) is 0 Å². The molecule has 2 atom stereocenters. The van der Waals surface area contributed by atoms with Gasteiger partial charge in [-0.2, -0.15) is 0 Å². The second-order valence-corrected chi connectivity index (χ2v) is 8.79. The number of rotatable bonds is 8. The van der Waals surface area contributed by atoms with E-state index in [4.69, 9.17) is 28.7 Å². The van der Waals surface area contributed by atoms with Crippen molar-refractivity contribution < 1.29 is 23.7 Å². The molecule has 0 fully saturated rings. The first-order chi connectivity index (χ1) is 16.0. The fourth-order valence-electron chi connectivity index (χ4n) is 4.54. The zero-order valence-corrected chi connectivity index (χ0v) is 20.4. The Morgan fingerprint density at radius 1 is 0.939 bits per heavy atom. The highest BCUT2D eigenvalue weighted by Crippen LogP contribution is 2.38. The van der Waals surface area contributed by atoms with Gasteiger partial charge in [0.05, 0.1) is 34.5 Å². The predicted molar refractivity (Wildman–Crippen MR) is 128 cm³/mol. The number of nitrogens with one attached hydrogen (secondary N) is 1. The average Bonchev–Trinajstić information content (AvgIpc) is 3.33. The lowest BCUT2D eigenvalue weighted by Crippen LogP contribution is -2.31. The van der Waals surface area contributed by atoms with E-state index in [1.165, 1.54) is 11.1 Å². The van der Waals surface area contributed by atoms with Crippen molar-refractivity contribution >= 4 is 5.90 Å². The minimum Gasteiger partial charge on any atom is -0.493 e.